The Morgan fingerprint density at radius 3 is 2.36 bits per heavy atom. The monoisotopic (exact) mass is 303 g/mol. The summed E-state index contributed by atoms with van der Waals surface area (Å²) < 4.78 is 0. The van der Waals surface area contributed by atoms with E-state index in [0.717, 1.165) is 50.0 Å². The molecule has 0 aromatic heterocycles. The van der Waals surface area contributed by atoms with Crippen LogP contribution in [0.25, 0.3) is 0 Å². The maximum Gasteiger partial charge on any atom is 0.0657 e. The fourth-order valence-corrected chi connectivity index (χ4v) is 5.37. The molecule has 4 aliphatic rings. The van der Waals surface area contributed by atoms with Crippen LogP contribution in [0.5, 0.6) is 0 Å². The van der Waals surface area contributed by atoms with E-state index in [1.165, 1.54) is 30.4 Å². The zero-order chi connectivity index (χ0) is 15.7. The van der Waals surface area contributed by atoms with Crippen molar-refractivity contribution in [1.82, 2.24) is 5.32 Å². The molecule has 0 amide bonds. The highest BCUT2D eigenvalue weighted by Crippen LogP contribution is 2.55. The van der Waals surface area contributed by atoms with E-state index in [9.17, 15) is 5.11 Å². The van der Waals surface area contributed by atoms with Gasteiger partial charge in [0.1, 0.15) is 0 Å². The second-order valence-electron chi connectivity index (χ2n) is 8.50. The molecule has 124 valence electrons. The Morgan fingerprint density at radius 1 is 1.09 bits per heavy atom. The van der Waals surface area contributed by atoms with Gasteiger partial charge < -0.3 is 10.4 Å². The molecule has 0 heterocycles. The van der Waals surface area contributed by atoms with Gasteiger partial charge in [-0.25, -0.2) is 0 Å². The molecule has 0 aromatic carbocycles. The van der Waals surface area contributed by atoms with Gasteiger partial charge in [-0.3, -0.25) is 0 Å². The molecule has 2 heteroatoms. The summed E-state index contributed by atoms with van der Waals surface area (Å²) in [6.07, 6.45) is 12.9. The molecule has 4 rings (SSSR count). The van der Waals surface area contributed by atoms with Crippen LogP contribution in [0.3, 0.4) is 0 Å². The van der Waals surface area contributed by atoms with Gasteiger partial charge in [0.05, 0.1) is 5.60 Å². The molecule has 2 N–H and O–H groups in total. The Hall–Kier alpha value is -0.600. The highest BCUT2D eigenvalue weighted by Gasteiger charge is 2.54. The highest BCUT2D eigenvalue weighted by molar-refractivity contribution is 5.09. The average Bonchev–Trinajstić information content (AvgIpc) is 2.39. The number of nitrogens with one attached hydrogen (secondary N) is 1. The molecule has 0 spiro atoms. The van der Waals surface area contributed by atoms with Gasteiger partial charge in [-0.1, -0.05) is 23.3 Å². The van der Waals surface area contributed by atoms with Gasteiger partial charge in [-0.05, 0) is 83.5 Å². The maximum absolute atomic E-state index is 10.6. The summed E-state index contributed by atoms with van der Waals surface area (Å²) in [5.74, 6) is 2.24. The molecule has 4 bridgehead atoms. The summed E-state index contributed by atoms with van der Waals surface area (Å²) in [6.45, 7) is 7.59. The number of hydrogen-bond acceptors (Lipinski definition) is 2. The summed E-state index contributed by atoms with van der Waals surface area (Å²) in [7, 11) is 0. The van der Waals surface area contributed by atoms with E-state index in [0.29, 0.717) is 6.04 Å². The molecule has 4 aliphatic carbocycles. The number of hydrogen-bond donors (Lipinski definition) is 2. The fraction of sp³-hybridized carbons (Fsp3) is 0.800. The summed E-state index contributed by atoms with van der Waals surface area (Å²) in [5, 5.41) is 14.4. The first kappa shape index (κ1) is 16.3. The lowest BCUT2D eigenvalue weighted by Gasteiger charge is -2.58. The number of aliphatic hydroxyl groups is 1. The third-order valence-electron chi connectivity index (χ3n) is 6.14. The van der Waals surface area contributed by atoms with Gasteiger partial charge in [0, 0.05) is 12.6 Å². The van der Waals surface area contributed by atoms with E-state index in [2.05, 4.69) is 38.2 Å². The highest BCUT2D eigenvalue weighted by atomic mass is 16.3. The van der Waals surface area contributed by atoms with Gasteiger partial charge in [0.15, 0.2) is 0 Å². The van der Waals surface area contributed by atoms with Crippen LogP contribution in [0.15, 0.2) is 23.3 Å². The van der Waals surface area contributed by atoms with Crippen LogP contribution >= 0.6 is 0 Å². The Balaban J connectivity index is 1.47. The molecular formula is C20H33NO. The zero-order valence-corrected chi connectivity index (χ0v) is 14.6. The molecule has 2 unspecified atom stereocenters. The normalized spacial score (nSPS) is 40.1. The largest absolute Gasteiger partial charge is 0.390 e. The van der Waals surface area contributed by atoms with E-state index < -0.39 is 0 Å². The molecule has 0 radical (unpaired) electrons. The molecule has 0 aromatic rings. The fourth-order valence-electron chi connectivity index (χ4n) is 5.37. The third-order valence-corrected chi connectivity index (χ3v) is 6.14. The molecular weight excluding hydrogens is 270 g/mol. The molecule has 2 atom stereocenters. The van der Waals surface area contributed by atoms with Crippen molar-refractivity contribution in [1.29, 1.82) is 0 Å². The van der Waals surface area contributed by atoms with Crippen LogP contribution in [0.1, 0.15) is 65.7 Å². The second-order valence-corrected chi connectivity index (χ2v) is 8.50. The van der Waals surface area contributed by atoms with Crippen molar-refractivity contribution in [3.8, 4) is 0 Å². The van der Waals surface area contributed by atoms with Gasteiger partial charge >= 0.3 is 0 Å². The van der Waals surface area contributed by atoms with E-state index in [1.54, 1.807) is 0 Å². The Kier molecular flexibility index (Phi) is 4.80. The molecule has 22 heavy (non-hydrogen) atoms. The van der Waals surface area contributed by atoms with Crippen LogP contribution < -0.4 is 5.32 Å². The van der Waals surface area contributed by atoms with Gasteiger partial charge in [-0.15, -0.1) is 0 Å². The summed E-state index contributed by atoms with van der Waals surface area (Å²) in [4.78, 5) is 0. The van der Waals surface area contributed by atoms with Crippen LogP contribution in [0, 0.1) is 17.8 Å². The van der Waals surface area contributed by atoms with Crippen molar-refractivity contribution in [3.05, 3.63) is 23.3 Å². The van der Waals surface area contributed by atoms with Crippen molar-refractivity contribution < 1.29 is 5.11 Å². The summed E-state index contributed by atoms with van der Waals surface area (Å²) in [5.41, 5.74) is 2.61. The minimum Gasteiger partial charge on any atom is -0.390 e. The minimum absolute atomic E-state index is 0.301. The van der Waals surface area contributed by atoms with E-state index >= 15 is 0 Å². The molecule has 0 aliphatic heterocycles. The first-order chi connectivity index (χ1) is 10.5. The first-order valence-corrected chi connectivity index (χ1v) is 9.20. The lowest BCUT2D eigenvalue weighted by atomic mass is 9.52. The van der Waals surface area contributed by atoms with Crippen molar-refractivity contribution in [3.63, 3.8) is 0 Å². The third kappa shape index (κ3) is 3.65. The van der Waals surface area contributed by atoms with Crippen molar-refractivity contribution in [2.24, 2.45) is 17.8 Å². The number of rotatable bonds is 6. The van der Waals surface area contributed by atoms with E-state index in [-0.39, 0.29) is 5.60 Å². The maximum atomic E-state index is 10.6. The van der Waals surface area contributed by atoms with E-state index in [1.807, 2.05) is 0 Å². The van der Waals surface area contributed by atoms with Gasteiger partial charge in [0.25, 0.3) is 0 Å². The zero-order valence-electron chi connectivity index (χ0n) is 14.6. The lowest BCUT2D eigenvalue weighted by Crippen LogP contribution is -2.60. The Labute approximate surface area is 136 Å². The van der Waals surface area contributed by atoms with Crippen molar-refractivity contribution in [2.75, 3.05) is 6.54 Å². The minimum atomic E-state index is -0.301. The van der Waals surface area contributed by atoms with Crippen LogP contribution in [0.4, 0.5) is 0 Å². The molecule has 4 fully saturated rings. The standard InChI is InChI=1S/C20H33NO/c1-14(2)5-4-6-15(3)7-8-21-19-17-9-16-10-18(19)13-20(22,11-16)12-17/h5,7,16-19,21-22H,4,6,8-13H2,1-3H3. The summed E-state index contributed by atoms with van der Waals surface area (Å²) >= 11 is 0. The average molecular weight is 303 g/mol. The van der Waals surface area contributed by atoms with Gasteiger partial charge in [0.2, 0.25) is 0 Å². The van der Waals surface area contributed by atoms with Gasteiger partial charge in [-0.2, -0.15) is 0 Å². The quantitative estimate of drug-likeness (QED) is 0.721. The smallest absolute Gasteiger partial charge is 0.0657 e. The summed E-state index contributed by atoms with van der Waals surface area (Å²) in [6, 6.07) is 0.652. The molecule has 0 saturated heterocycles. The van der Waals surface area contributed by atoms with Crippen LogP contribution in [0.2, 0.25) is 0 Å². The topological polar surface area (TPSA) is 32.3 Å². The first-order valence-electron chi connectivity index (χ1n) is 9.20. The second kappa shape index (κ2) is 6.49. The van der Waals surface area contributed by atoms with Crippen molar-refractivity contribution in [2.45, 2.75) is 77.4 Å². The molecule has 2 nitrogen and oxygen atoms in total. The Bertz CT molecular complexity index is 444. The predicted octanol–water partition coefficient (Wildman–Crippen LogP) is 4.21. The lowest BCUT2D eigenvalue weighted by molar-refractivity contribution is -0.138. The van der Waals surface area contributed by atoms with Crippen LogP contribution in [-0.2, 0) is 0 Å². The van der Waals surface area contributed by atoms with Crippen LogP contribution in [-0.4, -0.2) is 23.3 Å². The van der Waals surface area contributed by atoms with Crippen molar-refractivity contribution >= 4 is 0 Å². The molecule has 4 saturated carbocycles. The SMILES string of the molecule is CC(C)=CCCC(C)=CCNC1C2CC3CC1CC(O)(C3)C2. The predicted molar refractivity (Wildman–Crippen MR) is 92.7 cm³/mol. The van der Waals surface area contributed by atoms with E-state index in [4.69, 9.17) is 0 Å². The number of allylic oxidation sites excluding steroid dienone is 3. The Morgan fingerprint density at radius 2 is 1.77 bits per heavy atom.